The number of aromatic nitrogens is 1. The lowest BCUT2D eigenvalue weighted by Crippen LogP contribution is -2.11. The molecule has 4 rings (SSSR count). The highest BCUT2D eigenvalue weighted by Gasteiger charge is 2.14. The monoisotopic (exact) mass is 341 g/mol. The summed E-state index contributed by atoms with van der Waals surface area (Å²) < 4.78 is 7.50. The third-order valence-electron chi connectivity index (χ3n) is 4.63. The number of rotatable bonds is 3. The minimum atomic E-state index is 0.0295. The quantitative estimate of drug-likeness (QED) is 0.526. The van der Waals surface area contributed by atoms with E-state index in [1.165, 1.54) is 0 Å². The van der Waals surface area contributed by atoms with Crippen molar-refractivity contribution in [3.63, 3.8) is 0 Å². The van der Waals surface area contributed by atoms with E-state index in [1.54, 1.807) is 13.2 Å². The lowest BCUT2D eigenvalue weighted by atomic mass is 10.1. The van der Waals surface area contributed by atoms with Crippen LogP contribution in [-0.4, -0.2) is 11.7 Å². The Bertz CT molecular complexity index is 1140. The first kappa shape index (κ1) is 16.2. The van der Waals surface area contributed by atoms with Gasteiger partial charge in [0.2, 0.25) is 0 Å². The summed E-state index contributed by atoms with van der Waals surface area (Å²) in [5.41, 5.74) is 4.92. The van der Waals surface area contributed by atoms with Crippen LogP contribution in [0.2, 0.25) is 0 Å². The summed E-state index contributed by atoms with van der Waals surface area (Å²) in [4.78, 5) is 12.7. The fourth-order valence-corrected chi connectivity index (χ4v) is 3.36. The van der Waals surface area contributed by atoms with Crippen LogP contribution in [0.5, 0.6) is 5.75 Å². The van der Waals surface area contributed by atoms with Gasteiger partial charge in [-0.2, -0.15) is 0 Å². The number of ether oxygens (including phenoxy) is 1. The Morgan fingerprint density at radius 1 is 0.846 bits per heavy atom. The van der Waals surface area contributed by atoms with E-state index in [-0.39, 0.29) is 5.43 Å². The maximum absolute atomic E-state index is 12.7. The van der Waals surface area contributed by atoms with Crippen LogP contribution < -0.4 is 10.2 Å². The number of fused-ring (bicyclic) bond motifs is 1. The molecule has 0 spiro atoms. The summed E-state index contributed by atoms with van der Waals surface area (Å²) in [6, 6.07) is 25.5. The zero-order chi connectivity index (χ0) is 18.1. The molecule has 1 aromatic heterocycles. The van der Waals surface area contributed by atoms with Gasteiger partial charge in [0.25, 0.3) is 0 Å². The van der Waals surface area contributed by atoms with Crippen LogP contribution in [0, 0.1) is 6.92 Å². The Balaban J connectivity index is 2.13. The Morgan fingerprint density at radius 2 is 1.58 bits per heavy atom. The molecule has 0 bridgehead atoms. The molecule has 0 aliphatic rings. The maximum atomic E-state index is 12.7. The second-order valence-corrected chi connectivity index (χ2v) is 6.26. The molecule has 0 aliphatic heterocycles. The van der Waals surface area contributed by atoms with Crippen molar-refractivity contribution in [1.82, 2.24) is 4.57 Å². The molecule has 3 aromatic carbocycles. The third-order valence-corrected chi connectivity index (χ3v) is 4.63. The topological polar surface area (TPSA) is 31.2 Å². The summed E-state index contributed by atoms with van der Waals surface area (Å²) in [6.45, 7) is 2.06. The number of para-hydroxylation sites is 1. The van der Waals surface area contributed by atoms with Crippen LogP contribution in [0.25, 0.3) is 27.8 Å². The highest BCUT2D eigenvalue weighted by atomic mass is 16.5. The molecule has 0 atom stereocenters. The molecule has 0 saturated carbocycles. The van der Waals surface area contributed by atoms with Crippen molar-refractivity contribution in [3.05, 3.63) is 94.6 Å². The average Bonchev–Trinajstić information content (AvgIpc) is 2.69. The molecule has 0 amide bonds. The first-order chi connectivity index (χ1) is 12.7. The van der Waals surface area contributed by atoms with Gasteiger partial charge in [-0.15, -0.1) is 0 Å². The summed E-state index contributed by atoms with van der Waals surface area (Å²) in [5.74, 6) is 0.817. The number of nitrogens with zero attached hydrogens (tertiary/aromatic N) is 1. The molecule has 0 fully saturated rings. The molecule has 0 radical (unpaired) electrons. The van der Waals surface area contributed by atoms with Gasteiger partial charge in [-0.1, -0.05) is 42.5 Å². The Kier molecular flexibility index (Phi) is 4.05. The SMILES string of the molecule is COc1ccc(-n2c(-c3ccccc3)cc(=O)c3ccccc32)c(C)c1. The molecule has 3 nitrogen and oxygen atoms in total. The fourth-order valence-electron chi connectivity index (χ4n) is 3.36. The van der Waals surface area contributed by atoms with E-state index < -0.39 is 0 Å². The lowest BCUT2D eigenvalue weighted by molar-refractivity contribution is 0.414. The summed E-state index contributed by atoms with van der Waals surface area (Å²) in [5, 5.41) is 0.711. The van der Waals surface area contributed by atoms with Gasteiger partial charge in [-0.25, -0.2) is 0 Å². The second-order valence-electron chi connectivity index (χ2n) is 6.26. The Labute approximate surface area is 152 Å². The standard InChI is InChI=1S/C23H19NO2/c1-16-14-18(26-2)12-13-20(16)24-21-11-7-6-10-19(21)23(25)15-22(24)17-8-4-3-5-9-17/h3-15H,1-2H3. The largest absolute Gasteiger partial charge is 0.497 e. The molecular weight excluding hydrogens is 322 g/mol. The molecule has 128 valence electrons. The number of methoxy groups -OCH3 is 1. The predicted molar refractivity (Wildman–Crippen MR) is 106 cm³/mol. The van der Waals surface area contributed by atoms with Crippen LogP contribution in [0.1, 0.15) is 5.56 Å². The number of pyridine rings is 1. The van der Waals surface area contributed by atoms with Crippen LogP contribution >= 0.6 is 0 Å². The van der Waals surface area contributed by atoms with Gasteiger partial charge in [-0.3, -0.25) is 4.79 Å². The smallest absolute Gasteiger partial charge is 0.190 e. The molecule has 0 unspecified atom stereocenters. The van der Waals surface area contributed by atoms with E-state index in [4.69, 9.17) is 4.74 Å². The summed E-state index contributed by atoms with van der Waals surface area (Å²) >= 11 is 0. The van der Waals surface area contributed by atoms with E-state index in [1.807, 2.05) is 72.8 Å². The van der Waals surface area contributed by atoms with Gasteiger partial charge < -0.3 is 9.30 Å². The van der Waals surface area contributed by atoms with Gasteiger partial charge in [0, 0.05) is 17.1 Å². The first-order valence-electron chi connectivity index (χ1n) is 8.54. The minimum Gasteiger partial charge on any atom is -0.497 e. The molecule has 26 heavy (non-hydrogen) atoms. The Morgan fingerprint density at radius 3 is 2.31 bits per heavy atom. The molecule has 1 heterocycles. The minimum absolute atomic E-state index is 0.0295. The zero-order valence-electron chi connectivity index (χ0n) is 14.8. The van der Waals surface area contributed by atoms with Crippen molar-refractivity contribution in [1.29, 1.82) is 0 Å². The predicted octanol–water partition coefficient (Wildman–Crippen LogP) is 4.97. The van der Waals surface area contributed by atoms with Crippen molar-refractivity contribution in [3.8, 4) is 22.7 Å². The normalized spacial score (nSPS) is 10.8. The van der Waals surface area contributed by atoms with Gasteiger partial charge in [-0.05, 0) is 48.4 Å². The van der Waals surface area contributed by atoms with Crippen molar-refractivity contribution in [2.75, 3.05) is 7.11 Å². The highest BCUT2D eigenvalue weighted by Crippen LogP contribution is 2.29. The van der Waals surface area contributed by atoms with E-state index in [0.717, 1.165) is 33.8 Å². The maximum Gasteiger partial charge on any atom is 0.190 e. The molecular formula is C23H19NO2. The lowest BCUT2D eigenvalue weighted by Gasteiger charge is -2.19. The van der Waals surface area contributed by atoms with Crippen LogP contribution in [-0.2, 0) is 0 Å². The summed E-state index contributed by atoms with van der Waals surface area (Å²) in [6.07, 6.45) is 0. The van der Waals surface area contributed by atoms with Crippen molar-refractivity contribution >= 4 is 10.9 Å². The molecule has 0 N–H and O–H groups in total. The first-order valence-corrected chi connectivity index (χ1v) is 8.54. The summed E-state index contributed by atoms with van der Waals surface area (Å²) in [7, 11) is 1.67. The number of benzene rings is 3. The molecule has 0 saturated heterocycles. The number of aryl methyl sites for hydroxylation is 1. The molecule has 4 aromatic rings. The third kappa shape index (κ3) is 2.68. The van der Waals surface area contributed by atoms with Crippen molar-refractivity contribution in [2.24, 2.45) is 0 Å². The molecule has 0 aliphatic carbocycles. The van der Waals surface area contributed by atoms with E-state index in [9.17, 15) is 4.79 Å². The van der Waals surface area contributed by atoms with Gasteiger partial charge >= 0.3 is 0 Å². The van der Waals surface area contributed by atoms with Crippen molar-refractivity contribution in [2.45, 2.75) is 6.92 Å². The van der Waals surface area contributed by atoms with Gasteiger partial charge in [0.05, 0.1) is 18.3 Å². The van der Waals surface area contributed by atoms with E-state index in [2.05, 4.69) is 11.5 Å². The molecule has 3 heteroatoms. The van der Waals surface area contributed by atoms with Gasteiger partial charge in [0.1, 0.15) is 5.75 Å². The Hall–Kier alpha value is -3.33. The number of hydrogen-bond donors (Lipinski definition) is 0. The highest BCUT2D eigenvalue weighted by molar-refractivity contribution is 5.85. The van der Waals surface area contributed by atoms with Crippen LogP contribution in [0.15, 0.2) is 83.7 Å². The van der Waals surface area contributed by atoms with Crippen molar-refractivity contribution < 1.29 is 4.74 Å². The average molecular weight is 341 g/mol. The van der Waals surface area contributed by atoms with E-state index >= 15 is 0 Å². The van der Waals surface area contributed by atoms with E-state index in [0.29, 0.717) is 5.39 Å². The number of hydrogen-bond acceptors (Lipinski definition) is 2. The zero-order valence-corrected chi connectivity index (χ0v) is 14.8. The van der Waals surface area contributed by atoms with Crippen LogP contribution in [0.3, 0.4) is 0 Å². The second kappa shape index (κ2) is 6.52. The van der Waals surface area contributed by atoms with Crippen LogP contribution in [0.4, 0.5) is 0 Å². The van der Waals surface area contributed by atoms with Gasteiger partial charge in [0.15, 0.2) is 5.43 Å². The fraction of sp³-hybridized carbons (Fsp3) is 0.0870.